The van der Waals surface area contributed by atoms with E-state index in [0.717, 1.165) is 5.56 Å². The van der Waals surface area contributed by atoms with E-state index >= 15 is 0 Å². The van der Waals surface area contributed by atoms with Crippen molar-refractivity contribution in [1.29, 1.82) is 0 Å². The van der Waals surface area contributed by atoms with E-state index in [2.05, 4.69) is 0 Å². The second-order valence-electron chi connectivity index (χ2n) is 7.41. The predicted octanol–water partition coefficient (Wildman–Crippen LogP) is 3.67. The first-order chi connectivity index (χ1) is 14.5. The molecule has 0 radical (unpaired) electrons. The van der Waals surface area contributed by atoms with Gasteiger partial charge in [0.2, 0.25) is 6.29 Å². The van der Waals surface area contributed by atoms with Crippen LogP contribution in [-0.4, -0.2) is 45.0 Å². The molecule has 0 bridgehead atoms. The Hall–Kier alpha value is -3.06. The first-order valence-corrected chi connectivity index (χ1v) is 9.83. The minimum absolute atomic E-state index is 0.0424. The van der Waals surface area contributed by atoms with Crippen LogP contribution in [0.5, 0.6) is 17.2 Å². The fourth-order valence-corrected chi connectivity index (χ4v) is 3.71. The molecule has 156 valence electrons. The highest BCUT2D eigenvalue weighted by Gasteiger charge is 2.36. The van der Waals surface area contributed by atoms with Gasteiger partial charge in [0.15, 0.2) is 11.5 Å². The van der Waals surface area contributed by atoms with Gasteiger partial charge in [0, 0.05) is 12.0 Å². The Labute approximate surface area is 174 Å². The molecule has 0 amide bonds. The van der Waals surface area contributed by atoms with Gasteiger partial charge in [-0.3, -0.25) is 0 Å². The average Bonchev–Trinajstić information content (AvgIpc) is 2.75. The predicted molar refractivity (Wildman–Crippen MR) is 112 cm³/mol. The number of rotatable bonds is 4. The second kappa shape index (κ2) is 8.36. The van der Waals surface area contributed by atoms with Crippen LogP contribution in [0.15, 0.2) is 66.7 Å². The monoisotopic (exact) mass is 408 g/mol. The van der Waals surface area contributed by atoms with Crippen LogP contribution in [0.3, 0.4) is 0 Å². The van der Waals surface area contributed by atoms with Crippen molar-refractivity contribution in [2.45, 2.75) is 37.9 Å². The van der Waals surface area contributed by atoms with Crippen molar-refractivity contribution in [2.24, 2.45) is 0 Å². The second-order valence-corrected chi connectivity index (χ2v) is 7.41. The maximum absolute atomic E-state index is 11.1. The van der Waals surface area contributed by atoms with E-state index in [0.29, 0.717) is 11.1 Å². The highest BCUT2D eigenvalue weighted by Crippen LogP contribution is 2.49. The Morgan fingerprint density at radius 3 is 2.10 bits per heavy atom. The van der Waals surface area contributed by atoms with Crippen molar-refractivity contribution in [3.05, 3.63) is 66.7 Å². The quantitative estimate of drug-likeness (QED) is 0.526. The lowest BCUT2D eigenvalue weighted by Crippen LogP contribution is -2.48. The van der Waals surface area contributed by atoms with Gasteiger partial charge in [-0.2, -0.15) is 0 Å². The minimum Gasteiger partial charge on any atom is -0.507 e. The molecule has 4 atom stereocenters. The van der Waals surface area contributed by atoms with Crippen molar-refractivity contribution >= 4 is 0 Å². The van der Waals surface area contributed by atoms with Crippen LogP contribution in [-0.2, 0) is 4.74 Å². The first-order valence-electron chi connectivity index (χ1n) is 9.83. The molecule has 1 heterocycles. The fourth-order valence-electron chi connectivity index (χ4n) is 3.71. The summed E-state index contributed by atoms with van der Waals surface area (Å²) in [6.45, 7) is 1.65. The zero-order valence-electron chi connectivity index (χ0n) is 16.5. The van der Waals surface area contributed by atoms with E-state index in [1.807, 2.05) is 48.5 Å². The van der Waals surface area contributed by atoms with E-state index in [1.165, 1.54) is 0 Å². The zero-order chi connectivity index (χ0) is 21.3. The van der Waals surface area contributed by atoms with Gasteiger partial charge in [0.1, 0.15) is 11.9 Å². The fraction of sp³-hybridized carbons (Fsp3) is 0.250. The van der Waals surface area contributed by atoms with E-state index in [1.54, 1.807) is 25.1 Å². The highest BCUT2D eigenvalue weighted by molar-refractivity contribution is 5.87. The molecule has 30 heavy (non-hydrogen) atoms. The number of hydrogen-bond donors (Lipinski definition) is 4. The van der Waals surface area contributed by atoms with Crippen molar-refractivity contribution in [3.8, 4) is 39.5 Å². The molecule has 0 spiro atoms. The summed E-state index contributed by atoms with van der Waals surface area (Å²) in [5.74, 6) is -0.172. The Morgan fingerprint density at radius 1 is 0.900 bits per heavy atom. The smallest absolute Gasteiger partial charge is 0.203 e. The van der Waals surface area contributed by atoms with E-state index < -0.39 is 24.6 Å². The number of phenols is 2. The van der Waals surface area contributed by atoms with Crippen LogP contribution in [0.2, 0.25) is 0 Å². The third-order valence-corrected chi connectivity index (χ3v) is 5.31. The molecule has 3 aromatic carbocycles. The normalized spacial score (nSPS) is 23.8. The molecule has 6 nitrogen and oxygen atoms in total. The lowest BCUT2D eigenvalue weighted by Gasteiger charge is -2.35. The van der Waals surface area contributed by atoms with Crippen LogP contribution in [0, 0.1) is 0 Å². The largest absolute Gasteiger partial charge is 0.507 e. The lowest BCUT2D eigenvalue weighted by atomic mass is 9.96. The molecule has 1 saturated heterocycles. The average molecular weight is 408 g/mol. The first kappa shape index (κ1) is 20.2. The Morgan fingerprint density at radius 2 is 1.50 bits per heavy atom. The summed E-state index contributed by atoms with van der Waals surface area (Å²) in [4.78, 5) is 0. The van der Waals surface area contributed by atoms with Crippen molar-refractivity contribution in [3.63, 3.8) is 0 Å². The number of aromatic hydroxyl groups is 2. The number of aliphatic hydroxyl groups excluding tert-OH is 2. The van der Waals surface area contributed by atoms with E-state index in [9.17, 15) is 20.4 Å². The topological polar surface area (TPSA) is 99.4 Å². The number of aliphatic hydroxyl groups is 2. The van der Waals surface area contributed by atoms with E-state index in [4.69, 9.17) is 9.47 Å². The van der Waals surface area contributed by atoms with Gasteiger partial charge in [-0.05, 0) is 24.1 Å². The molecule has 1 fully saturated rings. The van der Waals surface area contributed by atoms with Gasteiger partial charge >= 0.3 is 0 Å². The van der Waals surface area contributed by atoms with Gasteiger partial charge < -0.3 is 29.9 Å². The van der Waals surface area contributed by atoms with Crippen LogP contribution in [0.4, 0.5) is 0 Å². The van der Waals surface area contributed by atoms with Gasteiger partial charge in [-0.25, -0.2) is 0 Å². The molecule has 3 aromatic rings. The molecule has 0 aliphatic carbocycles. The maximum Gasteiger partial charge on any atom is 0.203 e. The van der Waals surface area contributed by atoms with Gasteiger partial charge in [-0.15, -0.1) is 0 Å². The summed E-state index contributed by atoms with van der Waals surface area (Å²) in [6.07, 6.45) is -3.48. The molecule has 4 N–H and O–H groups in total. The summed E-state index contributed by atoms with van der Waals surface area (Å²) in [5.41, 5.74) is 2.10. The van der Waals surface area contributed by atoms with Gasteiger partial charge in [-0.1, -0.05) is 60.7 Å². The van der Waals surface area contributed by atoms with Crippen LogP contribution in [0.25, 0.3) is 22.3 Å². The molecule has 6 heteroatoms. The molecule has 0 aromatic heterocycles. The minimum atomic E-state index is -1.01. The van der Waals surface area contributed by atoms with E-state index in [-0.39, 0.29) is 29.2 Å². The number of benzene rings is 3. The summed E-state index contributed by atoms with van der Waals surface area (Å²) >= 11 is 0. The number of phenolic OH excluding ortho intramolecular Hbond substituents is 2. The maximum atomic E-state index is 11.1. The van der Waals surface area contributed by atoms with Crippen molar-refractivity contribution < 1.29 is 29.9 Å². The van der Waals surface area contributed by atoms with Crippen LogP contribution < -0.4 is 4.74 Å². The highest BCUT2D eigenvalue weighted by atomic mass is 16.7. The summed E-state index contributed by atoms with van der Waals surface area (Å²) in [7, 11) is 0. The molecule has 0 unspecified atom stereocenters. The number of ether oxygens (including phenoxy) is 2. The Bertz CT molecular complexity index is 993. The summed E-state index contributed by atoms with van der Waals surface area (Å²) in [6, 6.07) is 19.8. The molecular formula is C24H24O6. The van der Waals surface area contributed by atoms with Crippen molar-refractivity contribution in [2.75, 3.05) is 0 Å². The van der Waals surface area contributed by atoms with Gasteiger partial charge in [0.25, 0.3) is 0 Å². The Kier molecular flexibility index (Phi) is 5.63. The molecule has 1 aliphatic heterocycles. The third kappa shape index (κ3) is 3.85. The number of hydrogen-bond acceptors (Lipinski definition) is 6. The Balaban J connectivity index is 1.82. The summed E-state index contributed by atoms with van der Waals surface area (Å²) in [5, 5.41) is 41.9. The summed E-state index contributed by atoms with van der Waals surface area (Å²) < 4.78 is 11.7. The van der Waals surface area contributed by atoms with Crippen LogP contribution in [0.1, 0.15) is 13.3 Å². The molecule has 1 aliphatic rings. The lowest BCUT2D eigenvalue weighted by molar-refractivity contribution is -0.216. The standard InChI is InChI=1S/C24H24O6/c1-14-22(27)19(26)13-20(29-14)30-24-17(15-8-4-2-5-9-15)12-18(25)21(23(24)28)16-10-6-3-7-11-16/h2-12,14,19-20,22,25-28H,13H2,1H3/t14-,19+,20+,22+/m1/s1. The molecular weight excluding hydrogens is 384 g/mol. The third-order valence-electron chi connectivity index (χ3n) is 5.31. The molecule has 4 rings (SSSR count). The van der Waals surface area contributed by atoms with Crippen molar-refractivity contribution in [1.82, 2.24) is 0 Å². The molecule has 0 saturated carbocycles. The SMILES string of the molecule is C[C@H]1O[C@@H](Oc2c(-c3ccccc3)cc(O)c(-c3ccccc3)c2O)C[C@H](O)[C@H]1O. The van der Waals surface area contributed by atoms with Gasteiger partial charge in [0.05, 0.1) is 17.8 Å². The van der Waals surface area contributed by atoms with Crippen LogP contribution >= 0.6 is 0 Å². The zero-order valence-corrected chi connectivity index (χ0v) is 16.5.